The molecule has 2 atom stereocenters. The van der Waals surface area contributed by atoms with E-state index in [4.69, 9.17) is 10.5 Å². The van der Waals surface area contributed by atoms with E-state index in [1.165, 1.54) is 0 Å². The van der Waals surface area contributed by atoms with E-state index in [0.717, 1.165) is 0 Å². The number of nitrogens with two attached hydrogens (primary N) is 1. The van der Waals surface area contributed by atoms with E-state index < -0.39 is 6.04 Å². The average molecular weight is 145 g/mol. The lowest BCUT2D eigenvalue weighted by Gasteiger charge is -2.15. The van der Waals surface area contributed by atoms with Crippen molar-refractivity contribution >= 4 is 5.78 Å². The van der Waals surface area contributed by atoms with Gasteiger partial charge in [-0.15, -0.1) is 0 Å². The number of ketones is 1. The number of Topliss-reactive ketones (excluding diaryl/α,β-unsaturated/α-hetero) is 1. The highest BCUT2D eigenvalue weighted by Crippen LogP contribution is 1.97. The molecule has 0 spiro atoms. The van der Waals surface area contributed by atoms with Crippen molar-refractivity contribution in [3.05, 3.63) is 0 Å². The van der Waals surface area contributed by atoms with Crippen molar-refractivity contribution < 1.29 is 9.53 Å². The molecule has 0 bridgehead atoms. The fourth-order valence-corrected chi connectivity index (χ4v) is 0.644. The summed E-state index contributed by atoms with van der Waals surface area (Å²) in [6.45, 7) is 3.59. The molecule has 0 saturated carbocycles. The molecule has 0 aromatic heterocycles. The molecule has 0 aromatic rings. The first-order valence-corrected chi connectivity index (χ1v) is 3.44. The van der Waals surface area contributed by atoms with Gasteiger partial charge in [-0.25, -0.2) is 0 Å². The van der Waals surface area contributed by atoms with Crippen LogP contribution in [0.4, 0.5) is 0 Å². The molecule has 2 N–H and O–H groups in total. The Morgan fingerprint density at radius 3 is 2.50 bits per heavy atom. The monoisotopic (exact) mass is 145 g/mol. The summed E-state index contributed by atoms with van der Waals surface area (Å²) in [6, 6.07) is -0.463. The van der Waals surface area contributed by atoms with Crippen molar-refractivity contribution in [2.24, 2.45) is 5.73 Å². The molecule has 0 aliphatic rings. The van der Waals surface area contributed by atoms with Crippen LogP contribution in [0.1, 0.15) is 20.3 Å². The molecule has 3 nitrogen and oxygen atoms in total. The number of hydrogen-bond acceptors (Lipinski definition) is 3. The molecule has 0 aliphatic carbocycles. The molecule has 0 amide bonds. The quantitative estimate of drug-likeness (QED) is 0.620. The summed E-state index contributed by atoms with van der Waals surface area (Å²) in [7, 11) is 1.55. The Morgan fingerprint density at radius 1 is 1.70 bits per heavy atom. The third-order valence-electron chi connectivity index (χ3n) is 1.60. The summed E-state index contributed by atoms with van der Waals surface area (Å²) < 4.78 is 4.89. The Bertz CT molecular complexity index is 114. The van der Waals surface area contributed by atoms with Gasteiger partial charge in [0.25, 0.3) is 0 Å². The number of carbonyl (C=O) groups is 1. The Balaban J connectivity index is 3.81. The summed E-state index contributed by atoms with van der Waals surface area (Å²) in [5.41, 5.74) is 5.51. The van der Waals surface area contributed by atoms with E-state index in [0.29, 0.717) is 6.42 Å². The van der Waals surface area contributed by atoms with Crippen LogP contribution in [0.5, 0.6) is 0 Å². The fourth-order valence-electron chi connectivity index (χ4n) is 0.644. The van der Waals surface area contributed by atoms with Gasteiger partial charge in [-0.3, -0.25) is 4.79 Å². The zero-order valence-corrected chi connectivity index (χ0v) is 6.76. The zero-order chi connectivity index (χ0) is 8.15. The van der Waals surface area contributed by atoms with Gasteiger partial charge in [-0.2, -0.15) is 0 Å². The zero-order valence-electron chi connectivity index (χ0n) is 6.76. The smallest absolute Gasteiger partial charge is 0.151 e. The van der Waals surface area contributed by atoms with Crippen LogP contribution in [0.2, 0.25) is 0 Å². The summed E-state index contributed by atoms with van der Waals surface area (Å²) in [4.78, 5) is 10.9. The standard InChI is InChI=1S/C7H15NO2/c1-4-6(9)7(8)5(2)10-3/h5,7H,4,8H2,1-3H3/t5-,7-/m1/s1. The van der Waals surface area contributed by atoms with Crippen LogP contribution < -0.4 is 5.73 Å². The molecule has 0 heterocycles. The second kappa shape index (κ2) is 4.41. The Kier molecular flexibility index (Phi) is 4.23. The van der Waals surface area contributed by atoms with Crippen LogP contribution >= 0.6 is 0 Å². The van der Waals surface area contributed by atoms with E-state index in [1.807, 2.05) is 0 Å². The van der Waals surface area contributed by atoms with Crippen LogP contribution in [-0.4, -0.2) is 25.0 Å². The lowest BCUT2D eigenvalue weighted by Crippen LogP contribution is -2.40. The second-order valence-corrected chi connectivity index (χ2v) is 2.29. The largest absolute Gasteiger partial charge is 0.380 e. The first-order chi connectivity index (χ1) is 4.63. The van der Waals surface area contributed by atoms with E-state index >= 15 is 0 Å². The summed E-state index contributed by atoms with van der Waals surface area (Å²) in [6.07, 6.45) is 0.307. The van der Waals surface area contributed by atoms with Crippen molar-refractivity contribution in [3.63, 3.8) is 0 Å². The third-order valence-corrected chi connectivity index (χ3v) is 1.60. The van der Waals surface area contributed by atoms with Crippen molar-refractivity contribution in [3.8, 4) is 0 Å². The van der Waals surface area contributed by atoms with Crippen LogP contribution in [0.25, 0.3) is 0 Å². The SMILES string of the molecule is CCC(=O)[C@H](N)[C@@H](C)OC. The number of rotatable bonds is 4. The highest BCUT2D eigenvalue weighted by molar-refractivity contribution is 5.84. The summed E-state index contributed by atoms with van der Waals surface area (Å²) in [5.74, 6) is 0.0503. The summed E-state index contributed by atoms with van der Waals surface area (Å²) >= 11 is 0. The minimum absolute atomic E-state index is 0.0503. The lowest BCUT2D eigenvalue weighted by molar-refractivity contribution is -0.122. The maximum atomic E-state index is 10.9. The normalized spacial score (nSPS) is 16.4. The van der Waals surface area contributed by atoms with Gasteiger partial charge in [0, 0.05) is 13.5 Å². The minimum atomic E-state index is -0.463. The molecule has 0 aliphatic heterocycles. The number of hydrogen-bond donors (Lipinski definition) is 1. The van der Waals surface area contributed by atoms with Gasteiger partial charge in [0.15, 0.2) is 5.78 Å². The molecule has 60 valence electrons. The van der Waals surface area contributed by atoms with E-state index in [9.17, 15) is 4.79 Å². The Hall–Kier alpha value is -0.410. The number of methoxy groups -OCH3 is 1. The van der Waals surface area contributed by atoms with Crippen molar-refractivity contribution in [2.45, 2.75) is 32.4 Å². The van der Waals surface area contributed by atoms with Crippen molar-refractivity contribution in [2.75, 3.05) is 7.11 Å². The van der Waals surface area contributed by atoms with Gasteiger partial charge < -0.3 is 10.5 Å². The lowest BCUT2D eigenvalue weighted by atomic mass is 10.1. The molecule has 10 heavy (non-hydrogen) atoms. The fraction of sp³-hybridized carbons (Fsp3) is 0.857. The average Bonchev–Trinajstić information content (AvgIpc) is 2.00. The first kappa shape index (κ1) is 9.59. The molecule has 3 heteroatoms. The molecular formula is C7H15NO2. The molecule has 0 fully saturated rings. The van der Waals surface area contributed by atoms with Crippen molar-refractivity contribution in [1.82, 2.24) is 0 Å². The third kappa shape index (κ3) is 2.45. The van der Waals surface area contributed by atoms with Crippen LogP contribution in [0.3, 0.4) is 0 Å². The molecule has 0 saturated heterocycles. The second-order valence-electron chi connectivity index (χ2n) is 2.29. The van der Waals surface area contributed by atoms with Crippen LogP contribution in [-0.2, 0) is 9.53 Å². The van der Waals surface area contributed by atoms with Crippen molar-refractivity contribution in [1.29, 1.82) is 0 Å². The predicted molar refractivity (Wildman–Crippen MR) is 39.7 cm³/mol. The van der Waals surface area contributed by atoms with E-state index in [1.54, 1.807) is 21.0 Å². The maximum absolute atomic E-state index is 10.9. The molecule has 0 unspecified atom stereocenters. The predicted octanol–water partition coefficient (Wildman–Crippen LogP) is 0.328. The molecule has 0 radical (unpaired) electrons. The van der Waals surface area contributed by atoms with Gasteiger partial charge in [-0.05, 0) is 6.92 Å². The molecule has 0 aromatic carbocycles. The van der Waals surface area contributed by atoms with Gasteiger partial charge >= 0.3 is 0 Å². The molecular weight excluding hydrogens is 130 g/mol. The molecule has 0 rings (SSSR count). The topological polar surface area (TPSA) is 52.3 Å². The van der Waals surface area contributed by atoms with Crippen LogP contribution in [0.15, 0.2) is 0 Å². The van der Waals surface area contributed by atoms with Crippen LogP contribution in [0, 0.1) is 0 Å². The van der Waals surface area contributed by atoms with Gasteiger partial charge in [0.05, 0.1) is 12.1 Å². The van der Waals surface area contributed by atoms with Gasteiger partial charge in [0.1, 0.15) is 0 Å². The highest BCUT2D eigenvalue weighted by atomic mass is 16.5. The Labute approximate surface area is 61.5 Å². The van der Waals surface area contributed by atoms with E-state index in [-0.39, 0.29) is 11.9 Å². The Morgan fingerprint density at radius 2 is 2.20 bits per heavy atom. The minimum Gasteiger partial charge on any atom is -0.380 e. The number of carbonyl (C=O) groups excluding carboxylic acids is 1. The van der Waals surface area contributed by atoms with E-state index in [2.05, 4.69) is 0 Å². The first-order valence-electron chi connectivity index (χ1n) is 3.44. The number of ether oxygens (including phenoxy) is 1. The summed E-state index contributed by atoms with van der Waals surface area (Å²) in [5, 5.41) is 0. The maximum Gasteiger partial charge on any atom is 0.151 e. The van der Waals surface area contributed by atoms with Gasteiger partial charge in [0.2, 0.25) is 0 Å². The highest BCUT2D eigenvalue weighted by Gasteiger charge is 2.17. The van der Waals surface area contributed by atoms with Gasteiger partial charge in [-0.1, -0.05) is 6.92 Å².